The standard InChI is InChI=1S/C13H24N2O2S/c1-10-7-14-13(11-4-5-11)9-15(10)8-12-3-2-6-18(12,16)17/h10-14H,2-9H2,1H3. The van der Waals surface area contributed by atoms with Gasteiger partial charge < -0.3 is 5.32 Å². The van der Waals surface area contributed by atoms with Crippen LogP contribution < -0.4 is 5.32 Å². The quantitative estimate of drug-likeness (QED) is 0.819. The van der Waals surface area contributed by atoms with E-state index >= 15 is 0 Å². The van der Waals surface area contributed by atoms with Gasteiger partial charge in [-0.15, -0.1) is 0 Å². The van der Waals surface area contributed by atoms with Gasteiger partial charge in [0, 0.05) is 31.7 Å². The second-order valence-corrected chi connectivity index (χ2v) is 8.69. The molecule has 2 saturated heterocycles. The van der Waals surface area contributed by atoms with Gasteiger partial charge in [-0.3, -0.25) is 4.90 Å². The molecule has 0 aromatic rings. The van der Waals surface area contributed by atoms with E-state index in [-0.39, 0.29) is 5.25 Å². The lowest BCUT2D eigenvalue weighted by molar-refractivity contribution is 0.132. The van der Waals surface area contributed by atoms with Crippen LogP contribution in [0.1, 0.15) is 32.6 Å². The van der Waals surface area contributed by atoms with Crippen LogP contribution in [0.3, 0.4) is 0 Å². The van der Waals surface area contributed by atoms with Crippen molar-refractivity contribution in [2.75, 3.05) is 25.4 Å². The molecule has 1 N–H and O–H groups in total. The molecule has 3 unspecified atom stereocenters. The fourth-order valence-corrected chi connectivity index (χ4v) is 5.19. The van der Waals surface area contributed by atoms with Crippen LogP contribution in [0.2, 0.25) is 0 Å². The van der Waals surface area contributed by atoms with Crippen LogP contribution in [0.15, 0.2) is 0 Å². The molecule has 3 fully saturated rings. The van der Waals surface area contributed by atoms with E-state index in [9.17, 15) is 8.42 Å². The summed E-state index contributed by atoms with van der Waals surface area (Å²) in [6, 6.07) is 1.07. The molecule has 18 heavy (non-hydrogen) atoms. The van der Waals surface area contributed by atoms with Gasteiger partial charge in [-0.2, -0.15) is 0 Å². The van der Waals surface area contributed by atoms with Gasteiger partial charge in [0.1, 0.15) is 0 Å². The van der Waals surface area contributed by atoms with Crippen LogP contribution >= 0.6 is 0 Å². The zero-order valence-electron chi connectivity index (χ0n) is 11.1. The van der Waals surface area contributed by atoms with E-state index < -0.39 is 9.84 Å². The predicted molar refractivity (Wildman–Crippen MR) is 72.4 cm³/mol. The molecule has 0 aromatic heterocycles. The highest BCUT2D eigenvalue weighted by Gasteiger charge is 2.39. The van der Waals surface area contributed by atoms with Gasteiger partial charge in [0.15, 0.2) is 9.84 Å². The third-order valence-corrected chi connectivity index (χ3v) is 7.08. The second-order valence-electron chi connectivity index (χ2n) is 6.29. The molecule has 2 aliphatic heterocycles. The van der Waals surface area contributed by atoms with E-state index in [4.69, 9.17) is 0 Å². The molecular formula is C13H24N2O2S. The molecule has 3 aliphatic rings. The summed E-state index contributed by atoms with van der Waals surface area (Å²) in [5, 5.41) is 3.52. The smallest absolute Gasteiger partial charge is 0.154 e. The van der Waals surface area contributed by atoms with Gasteiger partial charge in [0.25, 0.3) is 0 Å². The number of nitrogens with zero attached hydrogens (tertiary/aromatic N) is 1. The SMILES string of the molecule is CC1CNC(C2CC2)CN1CC1CCCS1(=O)=O. The summed E-state index contributed by atoms with van der Waals surface area (Å²) in [6.07, 6.45) is 4.43. The van der Waals surface area contributed by atoms with E-state index in [1.165, 1.54) is 12.8 Å². The van der Waals surface area contributed by atoms with Crippen molar-refractivity contribution in [1.29, 1.82) is 0 Å². The molecule has 2 heterocycles. The molecule has 1 saturated carbocycles. The van der Waals surface area contributed by atoms with Crippen molar-refractivity contribution in [2.24, 2.45) is 5.92 Å². The molecule has 0 amide bonds. The number of rotatable bonds is 3. The Balaban J connectivity index is 1.63. The number of hydrogen-bond donors (Lipinski definition) is 1. The first-order valence-electron chi connectivity index (χ1n) is 7.25. The normalized spacial score (nSPS) is 41.1. The summed E-state index contributed by atoms with van der Waals surface area (Å²) in [7, 11) is -2.79. The molecule has 0 aromatic carbocycles. The molecule has 0 bridgehead atoms. The second kappa shape index (κ2) is 4.76. The number of nitrogens with one attached hydrogen (secondary N) is 1. The summed E-state index contributed by atoms with van der Waals surface area (Å²) >= 11 is 0. The molecule has 3 rings (SSSR count). The fourth-order valence-electron chi connectivity index (χ4n) is 3.34. The molecule has 3 atom stereocenters. The Bertz CT molecular complexity index is 405. The van der Waals surface area contributed by atoms with Crippen LogP contribution in [0.25, 0.3) is 0 Å². The summed E-state index contributed by atoms with van der Waals surface area (Å²) in [5.74, 6) is 1.25. The van der Waals surface area contributed by atoms with Gasteiger partial charge in [-0.1, -0.05) is 0 Å². The zero-order chi connectivity index (χ0) is 12.8. The first-order valence-corrected chi connectivity index (χ1v) is 8.97. The molecular weight excluding hydrogens is 248 g/mol. The van der Waals surface area contributed by atoms with Gasteiger partial charge in [-0.05, 0) is 38.5 Å². The van der Waals surface area contributed by atoms with Crippen molar-refractivity contribution >= 4 is 9.84 Å². The molecule has 0 spiro atoms. The summed E-state index contributed by atoms with van der Waals surface area (Å²) in [4.78, 5) is 2.41. The maximum absolute atomic E-state index is 11.9. The third kappa shape index (κ3) is 2.58. The third-order valence-electron chi connectivity index (χ3n) is 4.82. The van der Waals surface area contributed by atoms with E-state index in [0.717, 1.165) is 38.4 Å². The monoisotopic (exact) mass is 272 g/mol. The zero-order valence-corrected chi connectivity index (χ0v) is 12.0. The minimum atomic E-state index is -2.79. The van der Waals surface area contributed by atoms with Crippen LogP contribution in [0.4, 0.5) is 0 Å². The van der Waals surface area contributed by atoms with Crippen LogP contribution in [-0.4, -0.2) is 56.0 Å². The van der Waals surface area contributed by atoms with Crippen molar-refractivity contribution in [3.05, 3.63) is 0 Å². The number of hydrogen-bond acceptors (Lipinski definition) is 4. The van der Waals surface area contributed by atoms with Gasteiger partial charge in [0.05, 0.1) is 11.0 Å². The Hall–Kier alpha value is -0.130. The van der Waals surface area contributed by atoms with Crippen molar-refractivity contribution < 1.29 is 8.42 Å². The minimum Gasteiger partial charge on any atom is -0.311 e. The lowest BCUT2D eigenvalue weighted by Crippen LogP contribution is -2.57. The van der Waals surface area contributed by atoms with Gasteiger partial charge in [0.2, 0.25) is 0 Å². The molecule has 4 nitrogen and oxygen atoms in total. The fraction of sp³-hybridized carbons (Fsp3) is 1.00. The first kappa shape index (κ1) is 12.9. The van der Waals surface area contributed by atoms with Gasteiger partial charge >= 0.3 is 0 Å². The minimum absolute atomic E-state index is 0.0992. The highest BCUT2D eigenvalue weighted by molar-refractivity contribution is 7.92. The molecule has 104 valence electrons. The predicted octanol–water partition coefficient (Wildman–Crippen LogP) is 0.636. The van der Waals surface area contributed by atoms with Crippen molar-refractivity contribution in [3.8, 4) is 0 Å². The van der Waals surface area contributed by atoms with Crippen LogP contribution in [0.5, 0.6) is 0 Å². The maximum Gasteiger partial charge on any atom is 0.154 e. The van der Waals surface area contributed by atoms with E-state index in [0.29, 0.717) is 17.8 Å². The molecule has 0 radical (unpaired) electrons. The highest BCUT2D eigenvalue weighted by atomic mass is 32.2. The van der Waals surface area contributed by atoms with Crippen LogP contribution in [0, 0.1) is 5.92 Å². The Morgan fingerprint density at radius 1 is 1.28 bits per heavy atom. The topological polar surface area (TPSA) is 49.4 Å². The van der Waals surface area contributed by atoms with E-state index in [1.807, 2.05) is 0 Å². The summed E-state index contributed by atoms with van der Waals surface area (Å²) in [5.41, 5.74) is 0. The van der Waals surface area contributed by atoms with Gasteiger partial charge in [-0.25, -0.2) is 8.42 Å². The Labute approximate surface area is 110 Å². The first-order chi connectivity index (χ1) is 8.56. The highest BCUT2D eigenvalue weighted by Crippen LogP contribution is 2.34. The molecule has 1 aliphatic carbocycles. The van der Waals surface area contributed by atoms with Crippen LogP contribution in [-0.2, 0) is 9.84 Å². The van der Waals surface area contributed by atoms with E-state index in [2.05, 4.69) is 17.1 Å². The maximum atomic E-state index is 11.9. The Kier molecular flexibility index (Phi) is 3.41. The Morgan fingerprint density at radius 2 is 2.06 bits per heavy atom. The van der Waals surface area contributed by atoms with E-state index in [1.54, 1.807) is 0 Å². The average Bonchev–Trinajstić information content (AvgIpc) is 3.09. The number of sulfone groups is 1. The number of piperazine rings is 1. The molecule has 5 heteroatoms. The summed E-state index contributed by atoms with van der Waals surface area (Å²) < 4.78 is 23.9. The average molecular weight is 272 g/mol. The van der Waals surface area contributed by atoms with Crippen molar-refractivity contribution in [3.63, 3.8) is 0 Å². The lowest BCUT2D eigenvalue weighted by atomic mass is 10.1. The summed E-state index contributed by atoms with van der Waals surface area (Å²) in [6.45, 7) is 5.01. The van der Waals surface area contributed by atoms with Crippen molar-refractivity contribution in [1.82, 2.24) is 10.2 Å². The van der Waals surface area contributed by atoms with Crippen molar-refractivity contribution in [2.45, 2.75) is 49.9 Å². The largest absolute Gasteiger partial charge is 0.311 e. The Morgan fingerprint density at radius 3 is 2.67 bits per heavy atom. The lowest BCUT2D eigenvalue weighted by Gasteiger charge is -2.40.